The van der Waals surface area contributed by atoms with Gasteiger partial charge in [0, 0.05) is 0 Å². The summed E-state index contributed by atoms with van der Waals surface area (Å²) in [4.78, 5) is 24.9. The van der Waals surface area contributed by atoms with Crippen LogP contribution in [-0.2, 0) is 22.2 Å². The van der Waals surface area contributed by atoms with Crippen LogP contribution in [0, 0.1) is 18.0 Å². The first-order valence-corrected chi connectivity index (χ1v) is 16.7. The Labute approximate surface area is 248 Å². The van der Waals surface area contributed by atoms with Gasteiger partial charge in [0.05, 0.1) is 0 Å². The minimum absolute atomic E-state index is 0.164. The van der Waals surface area contributed by atoms with Gasteiger partial charge in [0.15, 0.2) is 0 Å². The molecule has 0 saturated carbocycles. The van der Waals surface area contributed by atoms with E-state index in [-0.39, 0.29) is 30.2 Å². The molecule has 236 valence electrons. The summed E-state index contributed by atoms with van der Waals surface area (Å²) < 4.78 is 122. The molecule has 0 bridgehead atoms. The predicted octanol–water partition coefficient (Wildman–Crippen LogP) is 6.98. The van der Waals surface area contributed by atoms with Gasteiger partial charge in [-0.15, -0.1) is 0 Å². The fraction of sp³-hybridized carbons (Fsp3) is 0.481. The topological polar surface area (TPSA) is 96.0 Å². The molecular weight excluding hydrogens is 709 g/mol. The third kappa shape index (κ3) is 8.81. The molecule has 0 amide bonds. The molecule has 2 aromatic carbocycles. The van der Waals surface area contributed by atoms with Crippen LogP contribution < -0.4 is 9.47 Å². The second-order valence-electron chi connectivity index (χ2n) is 11.0. The van der Waals surface area contributed by atoms with Crippen molar-refractivity contribution in [1.82, 2.24) is 0 Å². The van der Waals surface area contributed by atoms with Crippen molar-refractivity contribution in [3.8, 4) is 11.5 Å². The van der Waals surface area contributed by atoms with Gasteiger partial charge in [0.2, 0.25) is 0 Å². The number of Topliss-reactive ketones (excluding diaryl/α,β-unsaturated/α-hetero) is 2. The van der Waals surface area contributed by atoms with Crippen LogP contribution in [0.3, 0.4) is 0 Å². The SMILES string of the molecule is CC(C)(C)C(=O)COc1ccccc1I(OS(=O)(=O)C(F)(F)C(F)C(F)(F)F)c1ccccc1OCC(=O)C(C)(C)C. The van der Waals surface area contributed by atoms with E-state index in [9.17, 15) is 44.3 Å². The summed E-state index contributed by atoms with van der Waals surface area (Å²) in [5.74, 6) is -1.11. The Bertz CT molecular complexity index is 1310. The molecule has 42 heavy (non-hydrogen) atoms. The van der Waals surface area contributed by atoms with Gasteiger partial charge in [-0.1, -0.05) is 0 Å². The standard InChI is InChI=1S/C27H31F6IO7S/c1-24(2,3)21(35)15-39-19-13-9-7-11-17(19)34(41-42(37,38)27(32,33)23(28)26(29,30)31)18-12-8-10-14-20(18)40-16-22(36)25(4,5)6/h7-14,23H,15-16H2,1-6H3. The molecule has 1 atom stereocenters. The van der Waals surface area contributed by atoms with Gasteiger partial charge in [0.25, 0.3) is 0 Å². The zero-order valence-electron chi connectivity index (χ0n) is 23.5. The van der Waals surface area contributed by atoms with Gasteiger partial charge < -0.3 is 0 Å². The number of rotatable bonds is 12. The molecule has 2 aromatic rings. The summed E-state index contributed by atoms with van der Waals surface area (Å²) in [6, 6.07) is 10.6. The van der Waals surface area contributed by atoms with Crippen LogP contribution in [-0.4, -0.2) is 50.8 Å². The maximum absolute atomic E-state index is 14.5. The van der Waals surface area contributed by atoms with E-state index in [0.717, 1.165) is 0 Å². The predicted molar refractivity (Wildman–Crippen MR) is 150 cm³/mol. The van der Waals surface area contributed by atoms with Gasteiger partial charge in [-0.3, -0.25) is 0 Å². The van der Waals surface area contributed by atoms with Crippen LogP contribution >= 0.6 is 20.2 Å². The van der Waals surface area contributed by atoms with Gasteiger partial charge in [-0.05, 0) is 0 Å². The number of hydrogen-bond donors (Lipinski definition) is 0. The Morgan fingerprint density at radius 3 is 1.43 bits per heavy atom. The van der Waals surface area contributed by atoms with Crippen LogP contribution in [0.15, 0.2) is 48.5 Å². The fourth-order valence-corrected chi connectivity index (χ4v) is 10.2. The molecule has 0 aliphatic rings. The molecule has 0 N–H and O–H groups in total. The van der Waals surface area contributed by atoms with Crippen LogP contribution in [0.25, 0.3) is 0 Å². The van der Waals surface area contributed by atoms with Crippen molar-refractivity contribution in [1.29, 1.82) is 0 Å². The zero-order chi connectivity index (χ0) is 32.3. The van der Waals surface area contributed by atoms with Crippen LogP contribution in [0.1, 0.15) is 41.5 Å². The summed E-state index contributed by atoms with van der Waals surface area (Å²) in [6.07, 6.45) is -11.3. The van der Waals surface area contributed by atoms with Crippen molar-refractivity contribution < 1.29 is 56.3 Å². The van der Waals surface area contributed by atoms with E-state index in [2.05, 4.69) is 0 Å². The zero-order valence-corrected chi connectivity index (χ0v) is 26.5. The summed E-state index contributed by atoms with van der Waals surface area (Å²) in [5, 5.41) is -6.02. The second kappa shape index (κ2) is 13.1. The van der Waals surface area contributed by atoms with Crippen molar-refractivity contribution in [3.63, 3.8) is 0 Å². The van der Waals surface area contributed by atoms with Crippen LogP contribution in [0.2, 0.25) is 0 Å². The molecular formula is C27H31F6IO7S. The Hall–Kier alpha value is -2.40. The fourth-order valence-electron chi connectivity index (χ4n) is 2.75. The molecule has 0 spiro atoms. The third-order valence-electron chi connectivity index (χ3n) is 5.50. The number of halogens is 7. The number of carbonyl (C=O) groups is 2. The number of para-hydroxylation sites is 2. The Morgan fingerprint density at radius 1 is 0.738 bits per heavy atom. The van der Waals surface area contributed by atoms with E-state index < -0.39 is 72.0 Å². The molecule has 0 fully saturated rings. The number of hydrogen-bond acceptors (Lipinski definition) is 7. The summed E-state index contributed by atoms with van der Waals surface area (Å²) >= 11 is -4.38. The third-order valence-corrected chi connectivity index (χ3v) is 13.1. The van der Waals surface area contributed by atoms with Gasteiger partial charge in [0.1, 0.15) is 0 Å². The van der Waals surface area contributed by atoms with E-state index >= 15 is 0 Å². The number of ether oxygens (including phenoxy) is 2. The molecule has 15 heteroatoms. The van der Waals surface area contributed by atoms with Crippen molar-refractivity contribution in [3.05, 3.63) is 55.7 Å². The van der Waals surface area contributed by atoms with Crippen molar-refractivity contribution in [2.75, 3.05) is 13.2 Å². The number of alkyl halides is 6. The first kappa shape index (κ1) is 35.8. The molecule has 0 aliphatic heterocycles. The Morgan fingerprint density at radius 2 is 1.10 bits per heavy atom. The van der Waals surface area contributed by atoms with Gasteiger partial charge in [-0.25, -0.2) is 0 Å². The minimum atomic E-state index is -6.58. The Kier molecular flexibility index (Phi) is 11.1. The molecule has 0 aromatic heterocycles. The number of carbonyl (C=O) groups excluding carboxylic acids is 2. The monoisotopic (exact) mass is 740 g/mol. The summed E-state index contributed by atoms with van der Waals surface area (Å²) in [6.45, 7) is 8.63. The first-order chi connectivity index (χ1) is 19.0. The van der Waals surface area contributed by atoms with Crippen LogP contribution in [0.5, 0.6) is 11.5 Å². The quantitative estimate of drug-likeness (QED) is 0.171. The summed E-state index contributed by atoms with van der Waals surface area (Å²) in [7, 11) is -6.58. The molecule has 0 radical (unpaired) electrons. The second-order valence-corrected chi connectivity index (χ2v) is 17.4. The van der Waals surface area contributed by atoms with Crippen LogP contribution in [0.4, 0.5) is 26.3 Å². The molecule has 7 nitrogen and oxygen atoms in total. The van der Waals surface area contributed by atoms with Gasteiger partial charge in [-0.2, -0.15) is 0 Å². The Balaban J connectivity index is 2.69. The van der Waals surface area contributed by atoms with E-state index in [1.165, 1.54) is 48.5 Å². The normalized spacial score (nSPS) is 14.2. The van der Waals surface area contributed by atoms with E-state index in [0.29, 0.717) is 0 Å². The number of benzene rings is 2. The molecule has 0 aliphatic carbocycles. The molecule has 0 saturated heterocycles. The summed E-state index contributed by atoms with van der Waals surface area (Å²) in [5.41, 5.74) is -1.69. The van der Waals surface area contributed by atoms with Gasteiger partial charge >= 0.3 is 249 Å². The average Bonchev–Trinajstić information content (AvgIpc) is 2.87. The maximum atomic E-state index is 14.5. The number of ketones is 2. The molecule has 0 heterocycles. The van der Waals surface area contributed by atoms with Crippen molar-refractivity contribution in [2.45, 2.75) is 59.1 Å². The van der Waals surface area contributed by atoms with E-state index in [4.69, 9.17) is 12.0 Å². The van der Waals surface area contributed by atoms with Crippen molar-refractivity contribution >= 4 is 41.9 Å². The van der Waals surface area contributed by atoms with Crippen molar-refractivity contribution in [2.24, 2.45) is 10.8 Å². The molecule has 1 unspecified atom stereocenters. The average molecular weight is 740 g/mol. The molecule has 2 rings (SSSR count). The van der Waals surface area contributed by atoms with E-state index in [1.807, 2.05) is 0 Å². The first-order valence-electron chi connectivity index (χ1n) is 12.2. The van der Waals surface area contributed by atoms with E-state index in [1.54, 1.807) is 41.5 Å².